The van der Waals surface area contributed by atoms with Crippen molar-refractivity contribution in [2.75, 3.05) is 7.11 Å². The zero-order chi connectivity index (χ0) is 11.6. The minimum absolute atomic E-state index is 0.00923. The topological polar surface area (TPSA) is 91.0 Å². The number of hydrogen-bond donors (Lipinski definition) is 0. The highest BCUT2D eigenvalue weighted by atomic mass is 35.5. The van der Waals surface area contributed by atoms with Gasteiger partial charge in [0.05, 0.1) is 13.5 Å². The standard InChI is InChI=1S/C7H9ClN2O5/c1-7(3-4(8)9-15-7)5(10(12)13)6(11)14-2/h5H,3H2,1-2H3. The Morgan fingerprint density at radius 2 is 2.47 bits per heavy atom. The van der Waals surface area contributed by atoms with Gasteiger partial charge < -0.3 is 9.57 Å². The van der Waals surface area contributed by atoms with Crippen molar-refractivity contribution < 1.29 is 19.3 Å². The lowest BCUT2D eigenvalue weighted by Gasteiger charge is -2.22. The zero-order valence-electron chi connectivity index (χ0n) is 8.10. The number of carbonyl (C=O) groups is 1. The zero-order valence-corrected chi connectivity index (χ0v) is 8.85. The Balaban J connectivity index is 2.91. The van der Waals surface area contributed by atoms with Crippen molar-refractivity contribution >= 4 is 22.7 Å². The summed E-state index contributed by atoms with van der Waals surface area (Å²) in [5, 5.41) is 14.2. The Morgan fingerprint density at radius 1 is 1.87 bits per heavy atom. The number of hydrogen-bond acceptors (Lipinski definition) is 6. The Kier molecular flexibility index (Phi) is 3.13. The molecule has 0 aromatic carbocycles. The molecule has 0 aliphatic carbocycles. The van der Waals surface area contributed by atoms with Gasteiger partial charge in [0.15, 0.2) is 0 Å². The summed E-state index contributed by atoms with van der Waals surface area (Å²) >= 11 is 5.54. The first kappa shape index (κ1) is 11.7. The molecule has 0 aromatic rings. The molecule has 15 heavy (non-hydrogen) atoms. The largest absolute Gasteiger partial charge is 0.464 e. The lowest BCUT2D eigenvalue weighted by Crippen LogP contribution is -2.50. The summed E-state index contributed by atoms with van der Waals surface area (Å²) in [6.07, 6.45) is 0.00923. The smallest absolute Gasteiger partial charge is 0.385 e. The molecule has 1 aliphatic heterocycles. The van der Waals surface area contributed by atoms with E-state index >= 15 is 0 Å². The number of rotatable bonds is 3. The highest BCUT2D eigenvalue weighted by molar-refractivity contribution is 6.65. The van der Waals surface area contributed by atoms with Crippen molar-refractivity contribution in [2.45, 2.75) is 25.0 Å². The van der Waals surface area contributed by atoms with Crippen LogP contribution in [0.2, 0.25) is 0 Å². The minimum atomic E-state index is -1.64. The Labute approximate surface area is 90.1 Å². The van der Waals surface area contributed by atoms with Crippen LogP contribution in [0.3, 0.4) is 0 Å². The van der Waals surface area contributed by atoms with Crippen molar-refractivity contribution in [1.82, 2.24) is 0 Å². The SMILES string of the molecule is COC(=O)C([N+](=O)[O-])C1(C)CC(Cl)=NO1. The number of esters is 1. The van der Waals surface area contributed by atoms with E-state index in [-0.39, 0.29) is 11.6 Å². The molecular formula is C7H9ClN2O5. The summed E-state index contributed by atoms with van der Waals surface area (Å²) in [7, 11) is 1.07. The predicted octanol–water partition coefficient (Wildman–Crippen LogP) is 0.536. The molecule has 0 spiro atoms. The molecule has 1 aliphatic rings. The van der Waals surface area contributed by atoms with Crippen LogP contribution in [-0.4, -0.2) is 34.8 Å². The summed E-state index contributed by atoms with van der Waals surface area (Å²) in [5.74, 6) is -0.982. The van der Waals surface area contributed by atoms with E-state index in [1.165, 1.54) is 6.92 Å². The van der Waals surface area contributed by atoms with E-state index in [1.807, 2.05) is 0 Å². The number of oxime groups is 1. The average Bonchev–Trinajstić information content (AvgIpc) is 2.45. The Morgan fingerprint density at radius 3 is 2.80 bits per heavy atom. The molecule has 2 atom stereocenters. The van der Waals surface area contributed by atoms with Crippen LogP contribution < -0.4 is 0 Å². The van der Waals surface area contributed by atoms with Gasteiger partial charge in [-0.1, -0.05) is 16.8 Å². The number of ether oxygens (including phenoxy) is 1. The first-order chi connectivity index (χ1) is 6.90. The molecule has 0 saturated carbocycles. The van der Waals surface area contributed by atoms with Gasteiger partial charge in [0, 0.05) is 4.92 Å². The normalized spacial score (nSPS) is 26.5. The van der Waals surface area contributed by atoms with Crippen LogP contribution in [0.15, 0.2) is 5.16 Å². The molecule has 0 amide bonds. The van der Waals surface area contributed by atoms with Gasteiger partial charge in [-0.3, -0.25) is 10.1 Å². The number of nitrogens with zero attached hydrogens (tertiary/aromatic N) is 2. The first-order valence-electron chi connectivity index (χ1n) is 4.02. The maximum atomic E-state index is 11.2. The number of carbonyl (C=O) groups excluding carboxylic acids is 1. The first-order valence-corrected chi connectivity index (χ1v) is 4.40. The predicted molar refractivity (Wildman–Crippen MR) is 50.2 cm³/mol. The average molecular weight is 237 g/mol. The van der Waals surface area contributed by atoms with Gasteiger partial charge in [-0.2, -0.15) is 0 Å². The van der Waals surface area contributed by atoms with Crippen LogP contribution in [0.25, 0.3) is 0 Å². The highest BCUT2D eigenvalue weighted by Gasteiger charge is 2.55. The van der Waals surface area contributed by atoms with E-state index in [0.717, 1.165) is 7.11 Å². The van der Waals surface area contributed by atoms with Gasteiger partial charge in [0.25, 0.3) is 0 Å². The fourth-order valence-corrected chi connectivity index (χ4v) is 1.62. The van der Waals surface area contributed by atoms with Gasteiger partial charge in [-0.05, 0) is 6.92 Å². The summed E-state index contributed by atoms with van der Waals surface area (Å²) in [4.78, 5) is 26.0. The maximum absolute atomic E-state index is 11.2. The number of halogens is 1. The molecule has 0 saturated heterocycles. The minimum Gasteiger partial charge on any atom is -0.464 e. The van der Waals surface area contributed by atoms with Crippen LogP contribution in [0.5, 0.6) is 0 Å². The van der Waals surface area contributed by atoms with Crippen molar-refractivity contribution in [3.63, 3.8) is 0 Å². The molecule has 0 fully saturated rings. The monoisotopic (exact) mass is 236 g/mol. The van der Waals surface area contributed by atoms with Crippen molar-refractivity contribution in [2.24, 2.45) is 5.16 Å². The van der Waals surface area contributed by atoms with E-state index in [4.69, 9.17) is 16.4 Å². The molecular weight excluding hydrogens is 228 g/mol. The molecule has 0 radical (unpaired) electrons. The van der Waals surface area contributed by atoms with E-state index in [0.29, 0.717) is 0 Å². The second-order valence-corrected chi connectivity index (χ2v) is 3.70. The van der Waals surface area contributed by atoms with Gasteiger partial charge in [0.2, 0.25) is 5.60 Å². The molecule has 0 bridgehead atoms. The van der Waals surface area contributed by atoms with Crippen LogP contribution in [0, 0.1) is 10.1 Å². The third kappa shape index (κ3) is 2.17. The second kappa shape index (κ2) is 4.01. The molecule has 1 heterocycles. The third-order valence-corrected chi connectivity index (χ3v) is 2.27. The van der Waals surface area contributed by atoms with Gasteiger partial charge in [0.1, 0.15) is 5.17 Å². The maximum Gasteiger partial charge on any atom is 0.385 e. The molecule has 84 valence electrons. The Hall–Kier alpha value is -1.37. The van der Waals surface area contributed by atoms with Crippen molar-refractivity contribution in [3.05, 3.63) is 10.1 Å². The lowest BCUT2D eigenvalue weighted by molar-refractivity contribution is -0.532. The van der Waals surface area contributed by atoms with Crippen LogP contribution in [-0.2, 0) is 14.4 Å². The van der Waals surface area contributed by atoms with Gasteiger partial charge in [-0.25, -0.2) is 4.79 Å². The number of nitro groups is 1. The lowest BCUT2D eigenvalue weighted by atomic mass is 9.94. The van der Waals surface area contributed by atoms with E-state index in [1.54, 1.807) is 0 Å². The summed E-state index contributed by atoms with van der Waals surface area (Å²) in [6, 6.07) is -1.64. The molecule has 7 nitrogen and oxygen atoms in total. The van der Waals surface area contributed by atoms with E-state index in [2.05, 4.69) is 9.89 Å². The quantitative estimate of drug-likeness (QED) is 0.405. The molecule has 1 rings (SSSR count). The molecule has 0 aromatic heterocycles. The highest BCUT2D eigenvalue weighted by Crippen LogP contribution is 2.30. The van der Waals surface area contributed by atoms with Crippen LogP contribution >= 0.6 is 11.6 Å². The summed E-state index contributed by atoms with van der Waals surface area (Å²) in [5.41, 5.74) is -1.38. The van der Waals surface area contributed by atoms with Gasteiger partial charge >= 0.3 is 12.0 Å². The van der Waals surface area contributed by atoms with Crippen molar-refractivity contribution in [3.8, 4) is 0 Å². The van der Waals surface area contributed by atoms with E-state index < -0.39 is 22.5 Å². The van der Waals surface area contributed by atoms with Crippen LogP contribution in [0.4, 0.5) is 0 Å². The Bertz CT molecular complexity index is 331. The van der Waals surface area contributed by atoms with Crippen LogP contribution in [0.1, 0.15) is 13.3 Å². The van der Waals surface area contributed by atoms with Crippen molar-refractivity contribution in [1.29, 1.82) is 0 Å². The number of methoxy groups -OCH3 is 1. The third-order valence-electron chi connectivity index (χ3n) is 2.06. The summed E-state index contributed by atoms with van der Waals surface area (Å²) < 4.78 is 4.33. The van der Waals surface area contributed by atoms with Gasteiger partial charge in [-0.15, -0.1) is 0 Å². The summed E-state index contributed by atoms with van der Waals surface area (Å²) in [6.45, 7) is 1.39. The molecule has 0 N–H and O–H groups in total. The second-order valence-electron chi connectivity index (χ2n) is 3.26. The van der Waals surface area contributed by atoms with E-state index in [9.17, 15) is 14.9 Å². The molecule has 8 heteroatoms. The molecule has 2 unspecified atom stereocenters. The fourth-order valence-electron chi connectivity index (χ4n) is 1.32. The fraction of sp³-hybridized carbons (Fsp3) is 0.714.